The van der Waals surface area contributed by atoms with Gasteiger partial charge in [0.15, 0.2) is 5.78 Å². The van der Waals surface area contributed by atoms with Gasteiger partial charge in [0.25, 0.3) is 0 Å². The van der Waals surface area contributed by atoms with Crippen LogP contribution in [0.5, 0.6) is 0 Å². The number of hydrogen-bond acceptors (Lipinski definition) is 2. The van der Waals surface area contributed by atoms with Gasteiger partial charge < -0.3 is 5.11 Å². The summed E-state index contributed by atoms with van der Waals surface area (Å²) in [5, 5.41) is 11.6. The average molecular weight is 301 g/mol. The van der Waals surface area contributed by atoms with Gasteiger partial charge in [-0.15, -0.1) is 0 Å². The Balaban J connectivity index is 2.13. The molecule has 0 aromatic heterocycles. The third kappa shape index (κ3) is 3.71. The summed E-state index contributed by atoms with van der Waals surface area (Å²) in [5.41, 5.74) is -0.487. The first-order chi connectivity index (χ1) is 9.01. The van der Waals surface area contributed by atoms with Crippen molar-refractivity contribution in [3.05, 3.63) is 33.8 Å². The van der Waals surface area contributed by atoms with Crippen LogP contribution in [0, 0.1) is 0 Å². The molecule has 1 aromatic carbocycles. The van der Waals surface area contributed by atoms with E-state index in [4.69, 9.17) is 23.2 Å². The summed E-state index contributed by atoms with van der Waals surface area (Å²) in [6, 6.07) is 5.07. The van der Waals surface area contributed by atoms with E-state index in [2.05, 4.69) is 0 Å². The van der Waals surface area contributed by atoms with Crippen molar-refractivity contribution >= 4 is 29.0 Å². The lowest BCUT2D eigenvalue weighted by Crippen LogP contribution is -2.39. The fraction of sp³-hybridized carbons (Fsp3) is 0.533. The van der Waals surface area contributed by atoms with Crippen molar-refractivity contribution in [2.24, 2.45) is 0 Å². The average Bonchev–Trinajstić information content (AvgIpc) is 2.60. The van der Waals surface area contributed by atoms with Crippen LogP contribution in [0.15, 0.2) is 18.2 Å². The van der Waals surface area contributed by atoms with Gasteiger partial charge >= 0.3 is 0 Å². The van der Waals surface area contributed by atoms with Crippen molar-refractivity contribution in [3.8, 4) is 0 Å². The van der Waals surface area contributed by atoms with Gasteiger partial charge in [0, 0.05) is 16.5 Å². The summed E-state index contributed by atoms with van der Waals surface area (Å²) in [6.45, 7) is 0. The number of Topliss-reactive ketones (excluding diaryl/α,β-unsaturated/α-hetero) is 1. The Morgan fingerprint density at radius 1 is 1.16 bits per heavy atom. The molecule has 0 bridgehead atoms. The zero-order valence-electron chi connectivity index (χ0n) is 10.8. The molecule has 0 aliphatic heterocycles. The maximum absolute atomic E-state index is 12.4. The Hall–Kier alpha value is -0.570. The van der Waals surface area contributed by atoms with Crippen LogP contribution in [-0.2, 0) is 11.2 Å². The van der Waals surface area contributed by atoms with Crippen LogP contribution < -0.4 is 0 Å². The van der Waals surface area contributed by atoms with Gasteiger partial charge in [0.1, 0.15) is 5.60 Å². The number of aliphatic hydroxyl groups is 1. The highest BCUT2D eigenvalue weighted by Gasteiger charge is 2.35. The molecule has 0 unspecified atom stereocenters. The molecule has 1 saturated carbocycles. The fourth-order valence-electron chi connectivity index (χ4n) is 2.61. The van der Waals surface area contributed by atoms with E-state index in [1.165, 1.54) is 0 Å². The molecule has 104 valence electrons. The predicted octanol–water partition coefficient (Wildman–Crippen LogP) is 4.19. The summed E-state index contributed by atoms with van der Waals surface area (Å²) >= 11 is 12.0. The third-order valence-corrected chi connectivity index (χ3v) is 4.41. The van der Waals surface area contributed by atoms with Crippen molar-refractivity contribution in [1.82, 2.24) is 0 Å². The van der Waals surface area contributed by atoms with Gasteiger partial charge in [0.05, 0.1) is 0 Å². The molecule has 0 radical (unpaired) electrons. The van der Waals surface area contributed by atoms with E-state index in [9.17, 15) is 9.90 Å². The van der Waals surface area contributed by atoms with Crippen LogP contribution >= 0.6 is 23.2 Å². The quantitative estimate of drug-likeness (QED) is 0.850. The Bertz CT molecular complexity index is 463. The maximum atomic E-state index is 12.4. The topological polar surface area (TPSA) is 37.3 Å². The Morgan fingerprint density at radius 3 is 2.42 bits per heavy atom. The zero-order valence-corrected chi connectivity index (χ0v) is 12.3. The van der Waals surface area contributed by atoms with Crippen LogP contribution in [0.1, 0.15) is 44.1 Å². The lowest BCUT2D eigenvalue weighted by Gasteiger charge is -2.25. The minimum absolute atomic E-state index is 0.140. The molecule has 1 aliphatic rings. The molecule has 2 rings (SSSR count). The summed E-state index contributed by atoms with van der Waals surface area (Å²) in [6.07, 6.45) is 5.27. The number of halogens is 2. The summed E-state index contributed by atoms with van der Waals surface area (Å²) < 4.78 is 0. The van der Waals surface area contributed by atoms with Crippen LogP contribution in [0.25, 0.3) is 0 Å². The minimum Gasteiger partial charge on any atom is -0.382 e. The number of carbonyl (C=O) groups excluding carboxylic acids is 1. The SMILES string of the molecule is O=C(Cc1cc(Cl)ccc1Cl)C1(O)CCCCCC1. The van der Waals surface area contributed by atoms with Crippen LogP contribution in [0.3, 0.4) is 0 Å². The van der Waals surface area contributed by atoms with Gasteiger partial charge in [-0.1, -0.05) is 48.9 Å². The Kier molecular flexibility index (Phi) is 4.88. The van der Waals surface area contributed by atoms with Gasteiger partial charge in [-0.2, -0.15) is 0 Å². The van der Waals surface area contributed by atoms with E-state index in [-0.39, 0.29) is 12.2 Å². The molecule has 1 aromatic rings. The second-order valence-electron chi connectivity index (χ2n) is 5.28. The van der Waals surface area contributed by atoms with Crippen molar-refractivity contribution in [1.29, 1.82) is 0 Å². The molecule has 1 N–H and O–H groups in total. The second-order valence-corrected chi connectivity index (χ2v) is 6.13. The van der Waals surface area contributed by atoms with Crippen molar-refractivity contribution in [2.75, 3.05) is 0 Å². The standard InChI is InChI=1S/C15H18Cl2O2/c16-12-5-6-13(17)11(9-12)10-14(18)15(19)7-3-1-2-4-8-15/h5-6,9,19H,1-4,7-8,10H2. The molecular weight excluding hydrogens is 283 g/mol. The van der Waals surface area contributed by atoms with Gasteiger partial charge in [-0.3, -0.25) is 4.79 Å². The maximum Gasteiger partial charge on any atom is 0.168 e. The third-order valence-electron chi connectivity index (χ3n) is 3.81. The molecule has 19 heavy (non-hydrogen) atoms. The highest BCUT2D eigenvalue weighted by Crippen LogP contribution is 2.30. The normalized spacial score (nSPS) is 18.9. The van der Waals surface area contributed by atoms with E-state index >= 15 is 0 Å². The summed E-state index contributed by atoms with van der Waals surface area (Å²) in [4.78, 5) is 12.4. The molecule has 0 amide bonds. The molecule has 0 saturated heterocycles. The number of hydrogen-bond donors (Lipinski definition) is 1. The molecule has 1 aliphatic carbocycles. The van der Waals surface area contributed by atoms with E-state index in [0.717, 1.165) is 25.7 Å². The molecule has 0 spiro atoms. The molecular formula is C15H18Cl2O2. The van der Waals surface area contributed by atoms with Crippen LogP contribution in [0.2, 0.25) is 10.0 Å². The molecule has 1 fully saturated rings. The van der Waals surface area contributed by atoms with Crippen LogP contribution in [0.4, 0.5) is 0 Å². The summed E-state index contributed by atoms with van der Waals surface area (Å²) in [5.74, 6) is -0.140. The molecule has 0 atom stereocenters. The Morgan fingerprint density at radius 2 is 1.79 bits per heavy atom. The monoisotopic (exact) mass is 300 g/mol. The number of carbonyl (C=O) groups is 1. The Labute approximate surface area is 123 Å². The van der Waals surface area contributed by atoms with Gasteiger partial charge in [-0.25, -0.2) is 0 Å². The van der Waals surface area contributed by atoms with Crippen molar-refractivity contribution < 1.29 is 9.90 Å². The van der Waals surface area contributed by atoms with E-state index in [1.54, 1.807) is 18.2 Å². The van der Waals surface area contributed by atoms with Gasteiger partial charge in [0.2, 0.25) is 0 Å². The number of benzene rings is 1. The second kappa shape index (κ2) is 6.25. The van der Waals surface area contributed by atoms with E-state index in [1.807, 2.05) is 0 Å². The first-order valence-electron chi connectivity index (χ1n) is 6.71. The molecule has 2 nitrogen and oxygen atoms in total. The highest BCUT2D eigenvalue weighted by molar-refractivity contribution is 6.33. The number of ketones is 1. The largest absolute Gasteiger partial charge is 0.382 e. The smallest absolute Gasteiger partial charge is 0.168 e. The van der Waals surface area contributed by atoms with Gasteiger partial charge in [-0.05, 0) is 36.6 Å². The van der Waals surface area contributed by atoms with E-state index < -0.39 is 5.60 Å². The lowest BCUT2D eigenvalue weighted by atomic mass is 9.86. The minimum atomic E-state index is -1.18. The lowest BCUT2D eigenvalue weighted by molar-refractivity contribution is -0.138. The molecule has 0 heterocycles. The first-order valence-corrected chi connectivity index (χ1v) is 7.46. The number of rotatable bonds is 3. The van der Waals surface area contributed by atoms with Crippen LogP contribution in [-0.4, -0.2) is 16.5 Å². The van der Waals surface area contributed by atoms with Crippen molar-refractivity contribution in [2.45, 2.75) is 50.5 Å². The van der Waals surface area contributed by atoms with Crippen molar-refractivity contribution in [3.63, 3.8) is 0 Å². The molecule has 4 heteroatoms. The first kappa shape index (κ1) is 14.8. The highest BCUT2D eigenvalue weighted by atomic mass is 35.5. The summed E-state index contributed by atoms with van der Waals surface area (Å²) in [7, 11) is 0. The fourth-order valence-corrected chi connectivity index (χ4v) is 2.99. The van der Waals surface area contributed by atoms with E-state index in [0.29, 0.717) is 28.5 Å². The zero-order chi connectivity index (χ0) is 13.9. The predicted molar refractivity (Wildman–Crippen MR) is 77.8 cm³/mol.